The van der Waals surface area contributed by atoms with E-state index in [1.54, 1.807) is 32.6 Å². The number of hydrogen-bond acceptors (Lipinski definition) is 8. The highest BCUT2D eigenvalue weighted by atomic mass is 16.6. The molecule has 0 aliphatic heterocycles. The van der Waals surface area contributed by atoms with Crippen molar-refractivity contribution in [3.8, 4) is 11.5 Å². The molecule has 3 N–H and O–H groups in total. The van der Waals surface area contributed by atoms with Gasteiger partial charge in [-0.05, 0) is 22.4 Å². The van der Waals surface area contributed by atoms with Crippen LogP contribution in [0, 0.1) is 0 Å². The molecule has 0 radical (unpaired) electrons. The maximum Gasteiger partial charge on any atom is 0.235 e. The SMILES string of the molecule is COc1ccc(C=NNc2nonc2N)c(OC)c1. The number of hydrazone groups is 1. The van der Waals surface area contributed by atoms with Crippen LogP contribution in [0.3, 0.4) is 0 Å². The molecule has 8 nitrogen and oxygen atoms in total. The minimum Gasteiger partial charge on any atom is -0.497 e. The molecule has 0 saturated heterocycles. The number of hydrogen-bond donors (Lipinski definition) is 2. The summed E-state index contributed by atoms with van der Waals surface area (Å²) in [5.41, 5.74) is 8.85. The number of nitrogens with two attached hydrogens (primary N) is 1. The lowest BCUT2D eigenvalue weighted by Crippen LogP contribution is -1.97. The molecule has 1 aromatic heterocycles. The Bertz CT molecular complexity index is 581. The van der Waals surface area contributed by atoms with Crippen LogP contribution < -0.4 is 20.6 Å². The van der Waals surface area contributed by atoms with Crippen molar-refractivity contribution in [2.75, 3.05) is 25.4 Å². The molecule has 2 rings (SSSR count). The van der Waals surface area contributed by atoms with Crippen LogP contribution in [-0.2, 0) is 0 Å². The Balaban J connectivity index is 2.12. The predicted molar refractivity (Wildman–Crippen MR) is 69.5 cm³/mol. The van der Waals surface area contributed by atoms with Gasteiger partial charge in [-0.15, -0.1) is 0 Å². The van der Waals surface area contributed by atoms with E-state index in [0.717, 1.165) is 5.56 Å². The number of aromatic nitrogens is 2. The molecule has 8 heteroatoms. The molecule has 0 saturated carbocycles. The van der Waals surface area contributed by atoms with Crippen LogP contribution in [0.5, 0.6) is 11.5 Å². The predicted octanol–water partition coefficient (Wildman–Crippen LogP) is 1.11. The fourth-order valence-electron chi connectivity index (χ4n) is 1.36. The molecular weight excluding hydrogens is 250 g/mol. The van der Waals surface area contributed by atoms with E-state index in [-0.39, 0.29) is 11.6 Å². The Morgan fingerprint density at radius 2 is 2.16 bits per heavy atom. The zero-order chi connectivity index (χ0) is 13.7. The number of nitrogen functional groups attached to an aromatic ring is 1. The van der Waals surface area contributed by atoms with Crippen LogP contribution >= 0.6 is 0 Å². The van der Waals surface area contributed by atoms with Gasteiger partial charge in [0.15, 0.2) is 0 Å². The largest absolute Gasteiger partial charge is 0.497 e. The first-order valence-corrected chi connectivity index (χ1v) is 5.33. The Morgan fingerprint density at radius 3 is 2.79 bits per heavy atom. The molecule has 0 bridgehead atoms. The van der Waals surface area contributed by atoms with E-state index in [9.17, 15) is 0 Å². The lowest BCUT2D eigenvalue weighted by Gasteiger charge is -2.06. The van der Waals surface area contributed by atoms with Crippen molar-refractivity contribution < 1.29 is 14.1 Å². The first-order chi connectivity index (χ1) is 9.24. The average molecular weight is 263 g/mol. The Hall–Kier alpha value is -2.77. The van der Waals surface area contributed by atoms with Gasteiger partial charge < -0.3 is 15.2 Å². The summed E-state index contributed by atoms with van der Waals surface area (Å²) >= 11 is 0. The summed E-state index contributed by atoms with van der Waals surface area (Å²) < 4.78 is 14.8. The highest BCUT2D eigenvalue weighted by Gasteiger charge is 2.04. The Labute approximate surface area is 109 Å². The number of ether oxygens (including phenoxy) is 2. The van der Waals surface area contributed by atoms with Gasteiger partial charge in [0.1, 0.15) is 11.5 Å². The van der Waals surface area contributed by atoms with Crippen molar-refractivity contribution in [1.82, 2.24) is 10.3 Å². The van der Waals surface area contributed by atoms with Crippen molar-refractivity contribution in [3.63, 3.8) is 0 Å². The van der Waals surface area contributed by atoms with Crippen molar-refractivity contribution in [2.45, 2.75) is 0 Å². The standard InChI is InChI=1S/C11H13N5O3/c1-17-8-4-3-7(9(5-8)18-2)6-13-14-11-10(12)15-19-16-11/h3-6H,1-2H3,(H2,12,15)(H,14,16). The minimum atomic E-state index is 0.138. The summed E-state index contributed by atoms with van der Waals surface area (Å²) in [4.78, 5) is 0. The third kappa shape index (κ3) is 2.92. The van der Waals surface area contributed by atoms with Crippen LogP contribution in [0.15, 0.2) is 27.9 Å². The molecule has 1 heterocycles. The molecular formula is C11H13N5O3. The summed E-state index contributed by atoms with van der Waals surface area (Å²) in [6, 6.07) is 5.37. The zero-order valence-electron chi connectivity index (χ0n) is 10.5. The van der Waals surface area contributed by atoms with Gasteiger partial charge in [0, 0.05) is 11.6 Å². The van der Waals surface area contributed by atoms with Gasteiger partial charge in [-0.1, -0.05) is 0 Å². The van der Waals surface area contributed by atoms with Crippen molar-refractivity contribution in [1.29, 1.82) is 0 Å². The van der Waals surface area contributed by atoms with E-state index >= 15 is 0 Å². The zero-order valence-corrected chi connectivity index (χ0v) is 10.5. The van der Waals surface area contributed by atoms with E-state index in [4.69, 9.17) is 15.2 Å². The van der Waals surface area contributed by atoms with Crippen LogP contribution in [0.2, 0.25) is 0 Å². The normalized spacial score (nSPS) is 10.6. The third-order valence-electron chi connectivity index (χ3n) is 2.33. The highest BCUT2D eigenvalue weighted by molar-refractivity contribution is 5.84. The van der Waals surface area contributed by atoms with E-state index in [1.807, 2.05) is 6.07 Å². The maximum atomic E-state index is 5.47. The van der Waals surface area contributed by atoms with Gasteiger partial charge in [0.25, 0.3) is 0 Å². The molecule has 0 unspecified atom stereocenters. The summed E-state index contributed by atoms with van der Waals surface area (Å²) in [6.07, 6.45) is 1.56. The Morgan fingerprint density at radius 1 is 1.32 bits per heavy atom. The van der Waals surface area contributed by atoms with Crippen molar-refractivity contribution in [2.24, 2.45) is 5.10 Å². The van der Waals surface area contributed by atoms with Crippen molar-refractivity contribution in [3.05, 3.63) is 23.8 Å². The molecule has 0 spiro atoms. The highest BCUT2D eigenvalue weighted by Crippen LogP contribution is 2.23. The van der Waals surface area contributed by atoms with Crippen LogP contribution in [0.1, 0.15) is 5.56 Å². The second kappa shape index (κ2) is 5.71. The number of rotatable bonds is 5. The lowest BCUT2D eigenvalue weighted by atomic mass is 10.2. The molecule has 0 amide bonds. The third-order valence-corrected chi connectivity index (χ3v) is 2.33. The van der Waals surface area contributed by atoms with E-state index in [0.29, 0.717) is 11.5 Å². The topological polar surface area (TPSA) is 108 Å². The quantitative estimate of drug-likeness (QED) is 0.614. The molecule has 0 aliphatic rings. The molecule has 0 aliphatic carbocycles. The van der Waals surface area contributed by atoms with Crippen molar-refractivity contribution >= 4 is 17.9 Å². The van der Waals surface area contributed by atoms with Gasteiger partial charge in [-0.25, -0.2) is 4.63 Å². The summed E-state index contributed by atoms with van der Waals surface area (Å²) in [6.45, 7) is 0. The maximum absolute atomic E-state index is 5.47. The number of benzene rings is 1. The number of anilines is 2. The second-order valence-corrected chi connectivity index (χ2v) is 3.48. The molecule has 0 fully saturated rings. The number of nitrogens with one attached hydrogen (secondary N) is 1. The average Bonchev–Trinajstić information content (AvgIpc) is 2.84. The first kappa shape index (κ1) is 12.7. The first-order valence-electron chi connectivity index (χ1n) is 5.33. The summed E-state index contributed by atoms with van der Waals surface area (Å²) in [7, 11) is 3.16. The van der Waals surface area contributed by atoms with E-state index in [2.05, 4.69) is 25.5 Å². The summed E-state index contributed by atoms with van der Waals surface area (Å²) in [5, 5.41) is 10.9. The second-order valence-electron chi connectivity index (χ2n) is 3.48. The van der Waals surface area contributed by atoms with E-state index < -0.39 is 0 Å². The Kier molecular flexibility index (Phi) is 3.81. The lowest BCUT2D eigenvalue weighted by molar-refractivity contribution is 0.310. The van der Waals surface area contributed by atoms with Gasteiger partial charge in [0.2, 0.25) is 11.6 Å². The molecule has 1 aromatic carbocycles. The summed E-state index contributed by atoms with van der Waals surface area (Å²) in [5.74, 6) is 1.73. The smallest absolute Gasteiger partial charge is 0.235 e. The van der Waals surface area contributed by atoms with Gasteiger partial charge >= 0.3 is 0 Å². The van der Waals surface area contributed by atoms with Crippen LogP contribution in [0.25, 0.3) is 0 Å². The monoisotopic (exact) mass is 263 g/mol. The van der Waals surface area contributed by atoms with Gasteiger partial charge in [0.05, 0.1) is 20.4 Å². The van der Waals surface area contributed by atoms with Gasteiger partial charge in [-0.2, -0.15) is 5.10 Å². The molecule has 100 valence electrons. The molecule has 0 atom stereocenters. The minimum absolute atomic E-state index is 0.138. The van der Waals surface area contributed by atoms with Crippen LogP contribution in [0.4, 0.5) is 11.6 Å². The molecule has 19 heavy (non-hydrogen) atoms. The van der Waals surface area contributed by atoms with Gasteiger partial charge in [-0.3, -0.25) is 5.43 Å². The fraction of sp³-hybridized carbons (Fsp3) is 0.182. The van der Waals surface area contributed by atoms with E-state index in [1.165, 1.54) is 0 Å². The fourth-order valence-corrected chi connectivity index (χ4v) is 1.36. The van der Waals surface area contributed by atoms with Crippen LogP contribution in [-0.4, -0.2) is 30.7 Å². The number of nitrogens with zero attached hydrogens (tertiary/aromatic N) is 3. The number of methoxy groups -OCH3 is 2. The molecule has 2 aromatic rings.